The first kappa shape index (κ1) is 19.2. The molecule has 0 radical (unpaired) electrons. The van der Waals surface area contributed by atoms with E-state index in [0.29, 0.717) is 21.3 Å². The highest BCUT2D eigenvalue weighted by Gasteiger charge is 2.49. The maximum atomic E-state index is 13.2. The van der Waals surface area contributed by atoms with Crippen molar-refractivity contribution in [1.29, 1.82) is 0 Å². The minimum absolute atomic E-state index is 0.237. The highest BCUT2D eigenvalue weighted by atomic mass is 32.2. The molecular weight excluding hydrogens is 390 g/mol. The van der Waals surface area contributed by atoms with Crippen LogP contribution in [0.3, 0.4) is 0 Å². The number of nitrogens with zero attached hydrogens (tertiary/aromatic N) is 1. The number of rotatable bonds is 6. The second-order valence-corrected chi connectivity index (χ2v) is 8.94. The largest absolute Gasteiger partial charge is 0.321 e. The van der Waals surface area contributed by atoms with Crippen LogP contribution < -0.4 is 16.4 Å². The molecule has 1 aromatic carbocycles. The highest BCUT2D eigenvalue weighted by Crippen LogP contribution is 2.32. The van der Waals surface area contributed by atoms with Crippen LogP contribution in [-0.2, 0) is 16.0 Å². The summed E-state index contributed by atoms with van der Waals surface area (Å²) in [7, 11) is 0. The molecule has 0 bridgehead atoms. The number of nitrogens with two attached hydrogens (primary N) is 1. The smallest absolute Gasteiger partial charge is 0.251 e. The average molecular weight is 410 g/mol. The summed E-state index contributed by atoms with van der Waals surface area (Å²) in [6.07, 6.45) is 0.386. The molecule has 0 spiro atoms. The number of anilines is 1. The Balaban J connectivity index is 1.80. The number of aromatic amines is 1. The Hall–Kier alpha value is -1.59. The number of benzene rings is 1. The van der Waals surface area contributed by atoms with Crippen molar-refractivity contribution in [1.82, 2.24) is 15.5 Å². The first-order chi connectivity index (χ1) is 12.5. The molecule has 2 atom stereocenters. The molecule has 3 rings (SSSR count). The van der Waals surface area contributed by atoms with Gasteiger partial charge in [0, 0.05) is 18.8 Å². The van der Waals surface area contributed by atoms with E-state index >= 15 is 0 Å². The molecule has 0 saturated carbocycles. The number of thioether (sulfide) groups is 1. The zero-order valence-corrected chi connectivity index (χ0v) is 16.3. The fraction of sp³-hybridized carbons (Fsp3) is 0.375. The van der Waals surface area contributed by atoms with E-state index < -0.39 is 16.7 Å². The quantitative estimate of drug-likeness (QED) is 0.421. The van der Waals surface area contributed by atoms with E-state index in [1.54, 1.807) is 0 Å². The summed E-state index contributed by atoms with van der Waals surface area (Å²) in [5, 5.41) is 12.7. The second-order valence-electron chi connectivity index (χ2n) is 5.89. The minimum Gasteiger partial charge on any atom is -0.321 e. The summed E-state index contributed by atoms with van der Waals surface area (Å²) in [6, 6.07) is 8.78. The van der Waals surface area contributed by atoms with Crippen LogP contribution in [0.1, 0.15) is 5.56 Å². The third-order valence-electron chi connectivity index (χ3n) is 4.06. The number of hydrogen-bond acceptors (Lipinski definition) is 8. The van der Waals surface area contributed by atoms with Crippen LogP contribution in [0.25, 0.3) is 0 Å². The molecule has 1 aliphatic heterocycles. The zero-order valence-electron chi connectivity index (χ0n) is 13.9. The molecule has 1 fully saturated rings. The molecule has 1 saturated heterocycles. The van der Waals surface area contributed by atoms with Crippen LogP contribution >= 0.6 is 35.3 Å². The first-order valence-electron chi connectivity index (χ1n) is 8.07. The van der Waals surface area contributed by atoms with Gasteiger partial charge in [0.2, 0.25) is 5.13 Å². The van der Waals surface area contributed by atoms with Gasteiger partial charge in [-0.05, 0) is 24.2 Å². The standard InChI is InChI=1S/C16H19N5O2S3/c17-11(8-10-4-2-1-3-5-10)12(22)16(9-18-6-7-25-16)13(23)19-14-20-21-15(24)26-14/h1-5,11,18H,6-9,17H2,(H,21,24)(H,19,20,23). The van der Waals surface area contributed by atoms with Crippen molar-refractivity contribution < 1.29 is 9.59 Å². The fourth-order valence-corrected chi connectivity index (χ4v) is 4.83. The lowest BCUT2D eigenvalue weighted by Crippen LogP contribution is -2.61. The Bertz CT molecular complexity index is 830. The van der Waals surface area contributed by atoms with Gasteiger partial charge in [-0.15, -0.1) is 16.9 Å². The second kappa shape index (κ2) is 8.40. The lowest BCUT2D eigenvalue weighted by atomic mass is 9.92. The number of ketones is 1. The summed E-state index contributed by atoms with van der Waals surface area (Å²) < 4.78 is -0.824. The molecule has 138 valence electrons. The lowest BCUT2D eigenvalue weighted by molar-refractivity contribution is -0.129. The number of Topliss-reactive ketones (excluding diaryl/α,β-unsaturated/α-hetero) is 1. The SMILES string of the molecule is NC(Cc1ccccc1)C(=O)C1(C(=O)Nc2n[nH]c(=S)s2)CNCCS1. The van der Waals surface area contributed by atoms with Crippen molar-refractivity contribution in [3.05, 3.63) is 39.8 Å². The molecule has 0 aliphatic carbocycles. The molecule has 1 amide bonds. The molecule has 26 heavy (non-hydrogen) atoms. The van der Waals surface area contributed by atoms with Gasteiger partial charge in [0.15, 0.2) is 14.5 Å². The molecule has 5 N–H and O–H groups in total. The van der Waals surface area contributed by atoms with Crippen LogP contribution in [0.5, 0.6) is 0 Å². The average Bonchev–Trinajstić information content (AvgIpc) is 3.07. The normalized spacial score (nSPS) is 21.1. The van der Waals surface area contributed by atoms with Gasteiger partial charge in [0.1, 0.15) is 0 Å². The maximum absolute atomic E-state index is 13.2. The number of H-pyrrole nitrogens is 1. The first-order valence-corrected chi connectivity index (χ1v) is 10.3. The topological polar surface area (TPSA) is 113 Å². The van der Waals surface area contributed by atoms with E-state index in [0.717, 1.165) is 23.4 Å². The van der Waals surface area contributed by atoms with Gasteiger partial charge in [-0.1, -0.05) is 41.7 Å². The Labute approximate surface area is 164 Å². The Kier molecular flexibility index (Phi) is 6.20. The molecule has 1 aliphatic rings. The van der Waals surface area contributed by atoms with E-state index in [-0.39, 0.29) is 12.3 Å². The van der Waals surface area contributed by atoms with Gasteiger partial charge in [0.25, 0.3) is 5.91 Å². The van der Waals surface area contributed by atoms with Crippen molar-refractivity contribution in [2.45, 2.75) is 17.2 Å². The summed E-state index contributed by atoms with van der Waals surface area (Å²) in [5.41, 5.74) is 7.16. The molecule has 2 aromatic rings. The Morgan fingerprint density at radius 2 is 2.15 bits per heavy atom. The predicted octanol–water partition coefficient (Wildman–Crippen LogP) is 1.35. The van der Waals surface area contributed by atoms with Gasteiger partial charge in [-0.3, -0.25) is 20.0 Å². The number of nitrogens with one attached hydrogen (secondary N) is 3. The van der Waals surface area contributed by atoms with E-state index in [9.17, 15) is 9.59 Å². The van der Waals surface area contributed by atoms with Crippen molar-refractivity contribution in [3.8, 4) is 0 Å². The number of hydrogen-bond donors (Lipinski definition) is 4. The van der Waals surface area contributed by atoms with Gasteiger partial charge in [-0.2, -0.15) is 0 Å². The summed E-state index contributed by atoms with van der Waals surface area (Å²) in [4.78, 5) is 26.1. The number of carbonyl (C=O) groups excluding carboxylic acids is 2. The third kappa shape index (κ3) is 4.21. The Morgan fingerprint density at radius 1 is 1.38 bits per heavy atom. The van der Waals surface area contributed by atoms with Crippen LogP contribution in [0.4, 0.5) is 5.13 Å². The van der Waals surface area contributed by atoms with Crippen molar-refractivity contribution in [2.75, 3.05) is 24.2 Å². The minimum atomic E-state index is -1.28. The van der Waals surface area contributed by atoms with E-state index in [2.05, 4.69) is 20.8 Å². The van der Waals surface area contributed by atoms with Crippen LogP contribution in [-0.4, -0.2) is 51.5 Å². The summed E-state index contributed by atoms with van der Waals surface area (Å²) in [6.45, 7) is 0.975. The molecular formula is C16H19N5O2S3. The van der Waals surface area contributed by atoms with Gasteiger partial charge >= 0.3 is 0 Å². The van der Waals surface area contributed by atoms with E-state index in [4.69, 9.17) is 18.0 Å². The molecule has 2 unspecified atom stereocenters. The zero-order chi connectivity index (χ0) is 18.6. The molecule has 10 heteroatoms. The van der Waals surface area contributed by atoms with Crippen LogP contribution in [0, 0.1) is 3.95 Å². The van der Waals surface area contributed by atoms with Gasteiger partial charge in [0.05, 0.1) is 6.04 Å². The monoisotopic (exact) mass is 409 g/mol. The number of amides is 1. The molecule has 2 heterocycles. The summed E-state index contributed by atoms with van der Waals surface area (Å²) >= 11 is 7.45. The number of carbonyl (C=O) groups is 2. The van der Waals surface area contributed by atoms with Gasteiger partial charge < -0.3 is 11.1 Å². The Morgan fingerprint density at radius 3 is 2.77 bits per heavy atom. The van der Waals surface area contributed by atoms with E-state index in [1.807, 2.05) is 30.3 Å². The maximum Gasteiger partial charge on any atom is 0.251 e. The van der Waals surface area contributed by atoms with Crippen molar-refractivity contribution in [2.24, 2.45) is 5.73 Å². The number of aromatic nitrogens is 2. The fourth-order valence-electron chi connectivity index (χ4n) is 2.77. The molecule has 1 aromatic heterocycles. The highest BCUT2D eigenvalue weighted by molar-refractivity contribution is 8.02. The van der Waals surface area contributed by atoms with Crippen LogP contribution in [0.2, 0.25) is 0 Å². The predicted molar refractivity (Wildman–Crippen MR) is 107 cm³/mol. The van der Waals surface area contributed by atoms with Crippen molar-refractivity contribution >= 4 is 52.1 Å². The lowest BCUT2D eigenvalue weighted by Gasteiger charge is -2.35. The molecule has 7 nitrogen and oxygen atoms in total. The van der Waals surface area contributed by atoms with Crippen LogP contribution in [0.15, 0.2) is 30.3 Å². The van der Waals surface area contributed by atoms with Gasteiger partial charge in [-0.25, -0.2) is 0 Å². The van der Waals surface area contributed by atoms with Crippen molar-refractivity contribution in [3.63, 3.8) is 0 Å². The third-order valence-corrected chi connectivity index (χ3v) is 6.50. The van der Waals surface area contributed by atoms with E-state index in [1.165, 1.54) is 11.8 Å². The summed E-state index contributed by atoms with van der Waals surface area (Å²) in [5.74, 6) is -0.0517.